The van der Waals surface area contributed by atoms with Gasteiger partial charge in [-0.2, -0.15) is 0 Å². The Bertz CT molecular complexity index is 553. The number of carbonyl (C=O) groups is 1. The van der Waals surface area contributed by atoms with Crippen LogP contribution < -0.4 is 0 Å². The van der Waals surface area contributed by atoms with Crippen molar-refractivity contribution >= 4 is 5.78 Å². The normalized spacial score (nSPS) is 50.1. The van der Waals surface area contributed by atoms with Gasteiger partial charge >= 0.3 is 0 Å². The van der Waals surface area contributed by atoms with Crippen LogP contribution in [0.15, 0.2) is 11.8 Å². The van der Waals surface area contributed by atoms with E-state index in [0.29, 0.717) is 30.6 Å². The number of allylic oxidation sites excluding steroid dienone is 2. The molecule has 4 aliphatic carbocycles. The number of hydrogen-bond donors (Lipinski definition) is 1. The van der Waals surface area contributed by atoms with Gasteiger partial charge in [0.2, 0.25) is 0 Å². The van der Waals surface area contributed by atoms with Gasteiger partial charge in [-0.15, -0.1) is 0 Å². The second kappa shape index (κ2) is 5.86. The van der Waals surface area contributed by atoms with Crippen LogP contribution in [0.5, 0.6) is 0 Å². The Morgan fingerprint density at radius 3 is 2.67 bits per heavy atom. The summed E-state index contributed by atoms with van der Waals surface area (Å²) in [5.41, 5.74) is 0.357. The SMILES string of the molecule is C.COC1=CCC2C3CCC4CC(=O)C(O)CC4(C)C3CCC12C. The van der Waals surface area contributed by atoms with Crippen molar-refractivity contribution in [3.8, 4) is 0 Å². The Labute approximate surface area is 146 Å². The maximum Gasteiger partial charge on any atom is 0.161 e. The second-order valence-corrected chi connectivity index (χ2v) is 9.01. The molecule has 136 valence electrons. The molecule has 4 rings (SSSR count). The summed E-state index contributed by atoms with van der Waals surface area (Å²) in [5, 5.41) is 10.2. The van der Waals surface area contributed by atoms with Crippen LogP contribution >= 0.6 is 0 Å². The maximum atomic E-state index is 12.0. The Balaban J connectivity index is 0.00000169. The molecule has 3 nitrogen and oxygen atoms in total. The van der Waals surface area contributed by atoms with Crippen LogP contribution in [0.3, 0.4) is 0 Å². The van der Waals surface area contributed by atoms with Crippen LogP contribution in [0.2, 0.25) is 0 Å². The first-order valence-corrected chi connectivity index (χ1v) is 9.35. The molecule has 3 fully saturated rings. The lowest BCUT2D eigenvalue weighted by Gasteiger charge is -2.60. The number of fused-ring (bicyclic) bond motifs is 5. The zero-order chi connectivity index (χ0) is 16.4. The van der Waals surface area contributed by atoms with E-state index in [2.05, 4.69) is 19.9 Å². The van der Waals surface area contributed by atoms with Crippen LogP contribution in [0, 0.1) is 34.5 Å². The van der Waals surface area contributed by atoms with Crippen molar-refractivity contribution in [1.82, 2.24) is 0 Å². The number of Topliss-reactive ketones (excluding diaryl/α,β-unsaturated/α-hetero) is 1. The molecule has 0 heterocycles. The Kier molecular flexibility index (Phi) is 4.39. The van der Waals surface area contributed by atoms with E-state index in [0.717, 1.165) is 18.8 Å². The first-order valence-electron chi connectivity index (χ1n) is 9.35. The fourth-order valence-electron chi connectivity index (χ4n) is 6.94. The van der Waals surface area contributed by atoms with Gasteiger partial charge in [0.15, 0.2) is 5.78 Å². The van der Waals surface area contributed by atoms with Crippen molar-refractivity contribution in [1.29, 1.82) is 0 Å². The minimum atomic E-state index is -0.723. The van der Waals surface area contributed by atoms with E-state index < -0.39 is 6.10 Å². The summed E-state index contributed by atoms with van der Waals surface area (Å²) < 4.78 is 5.70. The van der Waals surface area contributed by atoms with E-state index in [9.17, 15) is 9.90 Å². The molecule has 0 aromatic heterocycles. The highest BCUT2D eigenvalue weighted by molar-refractivity contribution is 5.84. The fraction of sp³-hybridized carbons (Fsp3) is 0.857. The highest BCUT2D eigenvalue weighted by Gasteiger charge is 2.60. The third-order valence-electron chi connectivity index (χ3n) is 8.25. The molecule has 3 heteroatoms. The summed E-state index contributed by atoms with van der Waals surface area (Å²) in [5.74, 6) is 3.83. The smallest absolute Gasteiger partial charge is 0.161 e. The fourth-order valence-corrected chi connectivity index (χ4v) is 6.94. The Hall–Kier alpha value is -0.830. The summed E-state index contributed by atoms with van der Waals surface area (Å²) in [6.45, 7) is 4.76. The molecule has 0 aliphatic heterocycles. The first-order chi connectivity index (χ1) is 10.9. The molecule has 0 bridgehead atoms. The van der Waals surface area contributed by atoms with Gasteiger partial charge in [0.05, 0.1) is 12.9 Å². The molecule has 7 atom stereocenters. The number of ketones is 1. The zero-order valence-corrected chi connectivity index (χ0v) is 14.7. The molecule has 0 spiro atoms. The van der Waals surface area contributed by atoms with Crippen molar-refractivity contribution < 1.29 is 14.6 Å². The van der Waals surface area contributed by atoms with E-state index in [-0.39, 0.29) is 24.0 Å². The highest BCUT2D eigenvalue weighted by atomic mass is 16.5. The molecule has 0 radical (unpaired) electrons. The predicted octanol–water partition coefficient (Wildman–Crippen LogP) is 4.35. The minimum absolute atomic E-state index is 0. The topological polar surface area (TPSA) is 46.5 Å². The lowest BCUT2D eigenvalue weighted by atomic mass is 9.45. The summed E-state index contributed by atoms with van der Waals surface area (Å²) in [6, 6.07) is 0. The monoisotopic (exact) mass is 334 g/mol. The van der Waals surface area contributed by atoms with Crippen LogP contribution in [-0.4, -0.2) is 24.1 Å². The average Bonchev–Trinajstić information content (AvgIpc) is 2.85. The van der Waals surface area contributed by atoms with E-state index in [4.69, 9.17) is 4.74 Å². The van der Waals surface area contributed by atoms with Crippen LogP contribution in [0.4, 0.5) is 0 Å². The third kappa shape index (κ3) is 2.23. The number of methoxy groups -OCH3 is 1. The van der Waals surface area contributed by atoms with Gasteiger partial charge in [-0.25, -0.2) is 0 Å². The molecular weight excluding hydrogens is 300 g/mol. The minimum Gasteiger partial charge on any atom is -0.501 e. The van der Waals surface area contributed by atoms with Crippen molar-refractivity contribution in [2.24, 2.45) is 34.5 Å². The standard InChI is InChI=1S/C20H30O3.CH4/c1-19-9-8-15-13(14(19)6-7-18(19)23-3)5-4-12-10-16(21)17(22)11-20(12,15)2;/h7,12-15,17,22H,4-6,8-11H2,1-3H3;1H4. The molecule has 0 amide bonds. The van der Waals surface area contributed by atoms with Gasteiger partial charge in [0.1, 0.15) is 6.10 Å². The second-order valence-electron chi connectivity index (χ2n) is 9.01. The van der Waals surface area contributed by atoms with Crippen molar-refractivity contribution in [3.05, 3.63) is 11.8 Å². The predicted molar refractivity (Wildman–Crippen MR) is 95.3 cm³/mol. The van der Waals surface area contributed by atoms with Crippen molar-refractivity contribution in [3.63, 3.8) is 0 Å². The van der Waals surface area contributed by atoms with Crippen LogP contribution in [-0.2, 0) is 9.53 Å². The lowest BCUT2D eigenvalue weighted by molar-refractivity contribution is -0.154. The van der Waals surface area contributed by atoms with Gasteiger partial charge in [-0.05, 0) is 73.7 Å². The molecule has 0 aromatic carbocycles. The maximum absolute atomic E-state index is 12.0. The van der Waals surface area contributed by atoms with Gasteiger partial charge in [-0.3, -0.25) is 4.79 Å². The van der Waals surface area contributed by atoms with Crippen molar-refractivity contribution in [2.45, 2.75) is 72.3 Å². The molecule has 0 saturated heterocycles. The largest absolute Gasteiger partial charge is 0.501 e. The van der Waals surface area contributed by atoms with Gasteiger partial charge < -0.3 is 9.84 Å². The first kappa shape index (κ1) is 18.0. The van der Waals surface area contributed by atoms with Gasteiger partial charge in [0, 0.05) is 11.8 Å². The molecule has 3 saturated carbocycles. The van der Waals surface area contributed by atoms with Crippen LogP contribution in [0.1, 0.15) is 66.2 Å². The molecule has 4 aliphatic rings. The van der Waals surface area contributed by atoms with Gasteiger partial charge in [-0.1, -0.05) is 21.3 Å². The number of ether oxygens (including phenoxy) is 1. The molecule has 7 unspecified atom stereocenters. The van der Waals surface area contributed by atoms with Gasteiger partial charge in [0.25, 0.3) is 0 Å². The molecule has 1 N–H and O–H groups in total. The van der Waals surface area contributed by atoms with Crippen molar-refractivity contribution in [2.75, 3.05) is 7.11 Å². The number of carbonyl (C=O) groups excluding carboxylic acids is 1. The Morgan fingerprint density at radius 1 is 1.21 bits per heavy atom. The molecule has 0 aromatic rings. The summed E-state index contributed by atoms with van der Waals surface area (Å²) >= 11 is 0. The van der Waals surface area contributed by atoms with E-state index in [1.54, 1.807) is 0 Å². The number of rotatable bonds is 1. The zero-order valence-electron chi connectivity index (χ0n) is 14.7. The third-order valence-corrected chi connectivity index (χ3v) is 8.25. The summed E-state index contributed by atoms with van der Waals surface area (Å²) in [4.78, 5) is 12.0. The van der Waals surface area contributed by atoms with E-state index in [1.165, 1.54) is 25.0 Å². The van der Waals surface area contributed by atoms with E-state index >= 15 is 0 Å². The quantitative estimate of drug-likeness (QED) is 0.775. The van der Waals surface area contributed by atoms with Crippen LogP contribution in [0.25, 0.3) is 0 Å². The highest BCUT2D eigenvalue weighted by Crippen LogP contribution is 2.66. The summed E-state index contributed by atoms with van der Waals surface area (Å²) in [7, 11) is 1.81. The van der Waals surface area contributed by atoms with E-state index in [1.807, 2.05) is 7.11 Å². The number of aliphatic hydroxyl groups is 1. The Morgan fingerprint density at radius 2 is 1.96 bits per heavy atom. The number of hydrogen-bond acceptors (Lipinski definition) is 3. The number of aliphatic hydroxyl groups excluding tert-OH is 1. The lowest BCUT2D eigenvalue weighted by Crippen LogP contribution is -2.55. The molecular formula is C21H34O3. The molecule has 24 heavy (non-hydrogen) atoms. The summed E-state index contributed by atoms with van der Waals surface area (Å²) in [6.07, 6.45) is 8.83. The average molecular weight is 335 g/mol.